The van der Waals surface area contributed by atoms with Gasteiger partial charge in [-0.15, -0.1) is 0 Å². The van der Waals surface area contributed by atoms with Crippen molar-refractivity contribution < 1.29 is 9.63 Å². The van der Waals surface area contributed by atoms with E-state index in [2.05, 4.69) is 25.9 Å². The van der Waals surface area contributed by atoms with E-state index in [9.17, 15) is 4.79 Å². The molecule has 0 aliphatic carbocycles. The lowest BCUT2D eigenvalue weighted by atomic mass is 9.86. The molecule has 0 amide bonds. The average molecular weight is 169 g/mol. The molecule has 3 heteroatoms. The van der Waals surface area contributed by atoms with Crippen LogP contribution in [0.4, 0.5) is 0 Å². The molecule has 0 saturated heterocycles. The van der Waals surface area contributed by atoms with Gasteiger partial charge in [0.1, 0.15) is 11.8 Å². The van der Waals surface area contributed by atoms with Gasteiger partial charge in [0, 0.05) is 18.8 Å². The van der Waals surface area contributed by atoms with Crippen LogP contribution in [-0.4, -0.2) is 17.6 Å². The minimum absolute atomic E-state index is 0.0155. The topological polar surface area (TPSA) is 38.7 Å². The first kappa shape index (κ1) is 9.23. The highest BCUT2D eigenvalue weighted by atomic mass is 16.6. The number of hydrogen-bond donors (Lipinski definition) is 0. The van der Waals surface area contributed by atoms with Gasteiger partial charge in [-0.25, -0.2) is 0 Å². The van der Waals surface area contributed by atoms with E-state index in [4.69, 9.17) is 4.84 Å². The van der Waals surface area contributed by atoms with E-state index in [0.29, 0.717) is 12.1 Å². The lowest BCUT2D eigenvalue weighted by molar-refractivity contribution is -0.111. The molecule has 0 fully saturated rings. The van der Waals surface area contributed by atoms with Crippen LogP contribution < -0.4 is 0 Å². The molecule has 1 rings (SSSR count). The molecular weight excluding hydrogens is 154 g/mol. The van der Waals surface area contributed by atoms with E-state index in [1.165, 1.54) is 6.92 Å². The molecule has 0 spiro atoms. The lowest BCUT2D eigenvalue weighted by Gasteiger charge is -2.23. The number of rotatable bonds is 1. The fourth-order valence-electron chi connectivity index (χ4n) is 1.05. The molecule has 12 heavy (non-hydrogen) atoms. The van der Waals surface area contributed by atoms with Crippen molar-refractivity contribution in [2.45, 2.75) is 40.2 Å². The van der Waals surface area contributed by atoms with Crippen LogP contribution in [0.25, 0.3) is 0 Å². The molecule has 0 aromatic rings. The first-order chi connectivity index (χ1) is 5.41. The van der Waals surface area contributed by atoms with Crippen LogP contribution in [0.1, 0.15) is 34.1 Å². The Morgan fingerprint density at radius 2 is 2.17 bits per heavy atom. The molecule has 1 aliphatic rings. The molecule has 0 N–H and O–H groups in total. The SMILES string of the molecule is CC(=O)C1=NO[C@@H](C(C)(C)C)C1. The van der Waals surface area contributed by atoms with Gasteiger partial charge in [-0.05, 0) is 0 Å². The van der Waals surface area contributed by atoms with Gasteiger partial charge in [0.25, 0.3) is 0 Å². The Balaban J connectivity index is 2.59. The summed E-state index contributed by atoms with van der Waals surface area (Å²) in [6, 6.07) is 0. The Labute approximate surface area is 72.8 Å². The molecule has 1 aliphatic heterocycles. The fourth-order valence-corrected chi connectivity index (χ4v) is 1.05. The van der Waals surface area contributed by atoms with Crippen molar-refractivity contribution in [1.29, 1.82) is 0 Å². The van der Waals surface area contributed by atoms with Crippen molar-refractivity contribution in [2.75, 3.05) is 0 Å². The molecule has 3 nitrogen and oxygen atoms in total. The molecule has 1 atom stereocenters. The predicted molar refractivity (Wildman–Crippen MR) is 47.1 cm³/mol. The van der Waals surface area contributed by atoms with E-state index >= 15 is 0 Å². The van der Waals surface area contributed by atoms with Gasteiger partial charge in [-0.3, -0.25) is 4.79 Å². The first-order valence-electron chi connectivity index (χ1n) is 4.15. The highest BCUT2D eigenvalue weighted by Crippen LogP contribution is 2.28. The fraction of sp³-hybridized carbons (Fsp3) is 0.778. The maximum absolute atomic E-state index is 10.9. The van der Waals surface area contributed by atoms with Crippen LogP contribution in [0, 0.1) is 5.41 Å². The number of hydrogen-bond acceptors (Lipinski definition) is 3. The Kier molecular flexibility index (Phi) is 2.22. The van der Waals surface area contributed by atoms with Crippen molar-refractivity contribution in [3.8, 4) is 0 Å². The zero-order valence-corrected chi connectivity index (χ0v) is 8.05. The summed E-state index contributed by atoms with van der Waals surface area (Å²) in [5.41, 5.74) is 0.621. The molecule has 0 aromatic heterocycles. The maximum Gasteiger partial charge on any atom is 0.177 e. The van der Waals surface area contributed by atoms with E-state index in [1.807, 2.05) is 0 Å². The van der Waals surface area contributed by atoms with Gasteiger partial charge in [-0.2, -0.15) is 0 Å². The first-order valence-corrected chi connectivity index (χ1v) is 4.15. The van der Waals surface area contributed by atoms with Gasteiger partial charge in [0.05, 0.1) is 0 Å². The molecule has 0 saturated carbocycles. The van der Waals surface area contributed by atoms with Crippen molar-refractivity contribution >= 4 is 11.5 Å². The summed E-state index contributed by atoms with van der Waals surface area (Å²) in [6.07, 6.45) is 0.704. The minimum atomic E-state index is 0.0155. The normalized spacial score (nSPS) is 23.3. The minimum Gasteiger partial charge on any atom is -0.391 e. The molecule has 0 bridgehead atoms. The summed E-state index contributed by atoms with van der Waals surface area (Å²) < 4.78 is 0. The summed E-state index contributed by atoms with van der Waals surface area (Å²) in [5, 5.41) is 3.75. The van der Waals surface area contributed by atoms with Crippen LogP contribution in [0.3, 0.4) is 0 Å². The number of oxime groups is 1. The van der Waals surface area contributed by atoms with Crippen LogP contribution in [0.5, 0.6) is 0 Å². The third kappa shape index (κ3) is 1.84. The van der Waals surface area contributed by atoms with Gasteiger partial charge in [0.15, 0.2) is 5.78 Å². The highest BCUT2D eigenvalue weighted by molar-refractivity contribution is 6.39. The summed E-state index contributed by atoms with van der Waals surface area (Å²) >= 11 is 0. The predicted octanol–water partition coefficient (Wildman–Crippen LogP) is 1.77. The molecule has 1 heterocycles. The van der Waals surface area contributed by atoms with Gasteiger partial charge >= 0.3 is 0 Å². The van der Waals surface area contributed by atoms with Crippen molar-refractivity contribution in [3.05, 3.63) is 0 Å². The smallest absolute Gasteiger partial charge is 0.177 e. The quantitative estimate of drug-likeness (QED) is 0.600. The molecular formula is C9H15NO2. The zero-order chi connectivity index (χ0) is 9.35. The third-order valence-corrected chi connectivity index (χ3v) is 2.04. The van der Waals surface area contributed by atoms with Crippen molar-refractivity contribution in [1.82, 2.24) is 0 Å². The summed E-state index contributed by atoms with van der Waals surface area (Å²) in [7, 11) is 0. The van der Waals surface area contributed by atoms with Crippen molar-refractivity contribution in [2.24, 2.45) is 10.6 Å². The number of carbonyl (C=O) groups is 1. The second-order valence-electron chi connectivity index (χ2n) is 4.26. The van der Waals surface area contributed by atoms with Gasteiger partial charge in [-0.1, -0.05) is 25.9 Å². The number of nitrogens with zero attached hydrogens (tertiary/aromatic N) is 1. The van der Waals surface area contributed by atoms with Crippen LogP contribution in [0.2, 0.25) is 0 Å². The molecule has 0 aromatic carbocycles. The summed E-state index contributed by atoms with van der Waals surface area (Å²) in [4.78, 5) is 16.1. The maximum atomic E-state index is 10.9. The Morgan fingerprint density at radius 1 is 1.58 bits per heavy atom. The molecule has 68 valence electrons. The van der Waals surface area contributed by atoms with E-state index < -0.39 is 0 Å². The summed E-state index contributed by atoms with van der Waals surface area (Å²) in [6.45, 7) is 7.76. The number of carbonyl (C=O) groups excluding carboxylic acids is 1. The number of Topliss-reactive ketones (excluding diaryl/α,β-unsaturated/α-hetero) is 1. The van der Waals surface area contributed by atoms with Crippen LogP contribution in [0.15, 0.2) is 5.16 Å². The second kappa shape index (κ2) is 2.88. The van der Waals surface area contributed by atoms with E-state index in [-0.39, 0.29) is 17.3 Å². The zero-order valence-electron chi connectivity index (χ0n) is 8.05. The Morgan fingerprint density at radius 3 is 2.42 bits per heavy atom. The number of ketones is 1. The van der Waals surface area contributed by atoms with Gasteiger partial charge in [0.2, 0.25) is 0 Å². The average Bonchev–Trinajstić information content (AvgIpc) is 2.30. The largest absolute Gasteiger partial charge is 0.391 e. The monoisotopic (exact) mass is 169 g/mol. The molecule has 0 unspecified atom stereocenters. The van der Waals surface area contributed by atoms with Gasteiger partial charge < -0.3 is 4.84 Å². The van der Waals surface area contributed by atoms with Crippen LogP contribution >= 0.6 is 0 Å². The third-order valence-electron chi connectivity index (χ3n) is 2.04. The second-order valence-corrected chi connectivity index (χ2v) is 4.26. The van der Waals surface area contributed by atoms with Crippen molar-refractivity contribution in [3.63, 3.8) is 0 Å². The lowest BCUT2D eigenvalue weighted by Crippen LogP contribution is -2.27. The van der Waals surface area contributed by atoms with Crippen LogP contribution in [-0.2, 0) is 9.63 Å². The van der Waals surface area contributed by atoms with E-state index in [0.717, 1.165) is 0 Å². The molecule has 0 radical (unpaired) electrons. The standard InChI is InChI=1S/C9H15NO2/c1-6(11)7-5-8(12-10-7)9(2,3)4/h8H,5H2,1-4H3/t8-/m1/s1. The van der Waals surface area contributed by atoms with E-state index in [1.54, 1.807) is 0 Å². The summed E-state index contributed by atoms with van der Waals surface area (Å²) in [5.74, 6) is 0.0155. The Hall–Kier alpha value is -0.860. The highest BCUT2D eigenvalue weighted by Gasteiger charge is 2.33. The Bertz CT molecular complexity index is 225.